The Kier molecular flexibility index (Phi) is 5.82. The van der Waals surface area contributed by atoms with Crippen LogP contribution in [0, 0.1) is 0 Å². The van der Waals surface area contributed by atoms with Gasteiger partial charge in [-0.2, -0.15) is 0 Å². The lowest BCUT2D eigenvalue weighted by Crippen LogP contribution is -2.14. The van der Waals surface area contributed by atoms with E-state index < -0.39 is 0 Å². The van der Waals surface area contributed by atoms with Crippen LogP contribution in [0.3, 0.4) is 0 Å². The van der Waals surface area contributed by atoms with Crippen molar-refractivity contribution in [3.8, 4) is 0 Å². The Morgan fingerprint density at radius 1 is 1.62 bits per heavy atom. The monoisotopic (exact) mass is 239 g/mol. The van der Waals surface area contributed by atoms with Crippen LogP contribution in [0.2, 0.25) is 0 Å². The summed E-state index contributed by atoms with van der Waals surface area (Å²) in [5.41, 5.74) is 0.723. The van der Waals surface area contributed by atoms with Gasteiger partial charge in [-0.05, 0) is 17.9 Å². The molecule has 88 valence electrons. The molecule has 16 heavy (non-hydrogen) atoms. The SMILES string of the molecule is CC/C(=C/CNCc1cccs1)C(=O)OC. The number of ether oxygens (including phenoxy) is 1. The van der Waals surface area contributed by atoms with E-state index in [0.29, 0.717) is 13.0 Å². The predicted octanol–water partition coefficient (Wildman–Crippen LogP) is 2.35. The van der Waals surface area contributed by atoms with E-state index in [1.165, 1.54) is 12.0 Å². The van der Waals surface area contributed by atoms with Crippen molar-refractivity contribution in [2.75, 3.05) is 13.7 Å². The summed E-state index contributed by atoms with van der Waals surface area (Å²) >= 11 is 1.72. The van der Waals surface area contributed by atoms with Gasteiger partial charge < -0.3 is 10.1 Å². The average molecular weight is 239 g/mol. The van der Waals surface area contributed by atoms with Crippen molar-refractivity contribution in [1.29, 1.82) is 0 Å². The third-order valence-corrected chi connectivity index (χ3v) is 3.08. The van der Waals surface area contributed by atoms with Crippen LogP contribution in [0.25, 0.3) is 0 Å². The lowest BCUT2D eigenvalue weighted by molar-refractivity contribution is -0.136. The first kappa shape index (κ1) is 12.9. The van der Waals surface area contributed by atoms with E-state index in [2.05, 4.69) is 21.5 Å². The van der Waals surface area contributed by atoms with Crippen molar-refractivity contribution in [3.05, 3.63) is 34.0 Å². The minimum absolute atomic E-state index is 0.236. The summed E-state index contributed by atoms with van der Waals surface area (Å²) in [4.78, 5) is 12.5. The number of thiophene rings is 1. The number of carbonyl (C=O) groups is 1. The number of methoxy groups -OCH3 is 1. The van der Waals surface area contributed by atoms with Gasteiger partial charge in [0, 0.05) is 23.5 Å². The number of rotatable bonds is 6. The Hall–Kier alpha value is -1.13. The number of esters is 1. The number of nitrogens with one attached hydrogen (secondary N) is 1. The molecule has 0 unspecified atom stereocenters. The maximum atomic E-state index is 11.2. The summed E-state index contributed by atoms with van der Waals surface area (Å²) in [5.74, 6) is -0.236. The van der Waals surface area contributed by atoms with Crippen LogP contribution in [0.1, 0.15) is 18.2 Å². The van der Waals surface area contributed by atoms with Crippen LogP contribution in [-0.2, 0) is 16.1 Å². The maximum Gasteiger partial charge on any atom is 0.333 e. The second-order valence-corrected chi connectivity index (χ2v) is 4.32. The molecule has 1 aromatic heterocycles. The average Bonchev–Trinajstić information content (AvgIpc) is 2.81. The van der Waals surface area contributed by atoms with Gasteiger partial charge in [0.15, 0.2) is 0 Å². The second-order valence-electron chi connectivity index (χ2n) is 3.28. The zero-order valence-corrected chi connectivity index (χ0v) is 10.5. The Morgan fingerprint density at radius 3 is 3.00 bits per heavy atom. The van der Waals surface area contributed by atoms with Crippen molar-refractivity contribution in [3.63, 3.8) is 0 Å². The quantitative estimate of drug-likeness (QED) is 0.470. The van der Waals surface area contributed by atoms with Crippen LogP contribution >= 0.6 is 11.3 Å². The first-order valence-corrected chi connectivity index (χ1v) is 6.16. The first-order valence-electron chi connectivity index (χ1n) is 5.28. The van der Waals surface area contributed by atoms with Gasteiger partial charge >= 0.3 is 5.97 Å². The summed E-state index contributed by atoms with van der Waals surface area (Å²) in [5, 5.41) is 5.31. The van der Waals surface area contributed by atoms with E-state index in [9.17, 15) is 4.79 Å². The molecule has 1 rings (SSSR count). The van der Waals surface area contributed by atoms with Gasteiger partial charge in [-0.25, -0.2) is 4.79 Å². The van der Waals surface area contributed by atoms with Gasteiger partial charge in [-0.3, -0.25) is 0 Å². The topological polar surface area (TPSA) is 38.3 Å². The molecule has 0 atom stereocenters. The summed E-state index contributed by atoms with van der Waals surface area (Å²) in [6.45, 7) is 3.48. The van der Waals surface area contributed by atoms with Crippen LogP contribution in [0.4, 0.5) is 0 Å². The van der Waals surface area contributed by atoms with Crippen molar-refractivity contribution >= 4 is 17.3 Å². The molecular formula is C12H17NO2S. The highest BCUT2D eigenvalue weighted by atomic mass is 32.1. The van der Waals surface area contributed by atoms with Crippen LogP contribution in [0.5, 0.6) is 0 Å². The van der Waals surface area contributed by atoms with Crippen LogP contribution in [-0.4, -0.2) is 19.6 Å². The lowest BCUT2D eigenvalue weighted by Gasteiger charge is -2.03. The van der Waals surface area contributed by atoms with Gasteiger partial charge in [0.1, 0.15) is 0 Å². The largest absolute Gasteiger partial charge is 0.466 e. The smallest absolute Gasteiger partial charge is 0.333 e. The van der Waals surface area contributed by atoms with Crippen molar-refractivity contribution in [2.24, 2.45) is 0 Å². The molecule has 0 aliphatic heterocycles. The molecule has 3 nitrogen and oxygen atoms in total. The normalized spacial score (nSPS) is 11.5. The molecule has 0 aliphatic carbocycles. The molecule has 0 aromatic carbocycles. The summed E-state index contributed by atoms with van der Waals surface area (Å²) in [7, 11) is 1.41. The fourth-order valence-corrected chi connectivity index (χ4v) is 1.98. The Labute approximate surface area is 100 Å². The molecule has 1 N–H and O–H groups in total. The Balaban J connectivity index is 2.32. The number of hydrogen-bond donors (Lipinski definition) is 1. The molecule has 4 heteroatoms. The minimum Gasteiger partial charge on any atom is -0.466 e. The second kappa shape index (κ2) is 7.19. The molecule has 0 aliphatic rings. The van der Waals surface area contributed by atoms with E-state index in [-0.39, 0.29) is 5.97 Å². The molecule has 0 saturated carbocycles. The highest BCUT2D eigenvalue weighted by molar-refractivity contribution is 7.09. The summed E-state index contributed by atoms with van der Waals surface area (Å²) in [6, 6.07) is 4.12. The zero-order valence-electron chi connectivity index (χ0n) is 9.66. The minimum atomic E-state index is -0.236. The highest BCUT2D eigenvalue weighted by Gasteiger charge is 2.05. The van der Waals surface area contributed by atoms with E-state index in [0.717, 1.165) is 12.1 Å². The molecule has 0 saturated heterocycles. The highest BCUT2D eigenvalue weighted by Crippen LogP contribution is 2.07. The van der Waals surface area contributed by atoms with Crippen LogP contribution < -0.4 is 5.32 Å². The third kappa shape index (κ3) is 4.16. The number of carbonyl (C=O) groups excluding carboxylic acids is 1. The van der Waals surface area contributed by atoms with Gasteiger partial charge in [0.25, 0.3) is 0 Å². The molecule has 1 heterocycles. The lowest BCUT2D eigenvalue weighted by atomic mass is 10.2. The number of hydrogen-bond acceptors (Lipinski definition) is 4. The molecule has 0 spiro atoms. The molecule has 0 bridgehead atoms. The first-order chi connectivity index (χ1) is 7.77. The zero-order chi connectivity index (χ0) is 11.8. The molecule has 0 amide bonds. The summed E-state index contributed by atoms with van der Waals surface area (Å²) < 4.78 is 4.67. The van der Waals surface area contributed by atoms with Gasteiger partial charge in [0.2, 0.25) is 0 Å². The fourth-order valence-electron chi connectivity index (χ4n) is 1.31. The van der Waals surface area contributed by atoms with E-state index in [1.807, 2.05) is 19.1 Å². The molecular weight excluding hydrogens is 222 g/mol. The van der Waals surface area contributed by atoms with Gasteiger partial charge in [-0.1, -0.05) is 19.1 Å². The van der Waals surface area contributed by atoms with Crippen LogP contribution in [0.15, 0.2) is 29.2 Å². The standard InChI is InChI=1S/C12H17NO2S/c1-3-10(12(14)15-2)6-7-13-9-11-5-4-8-16-11/h4-6,8,13H,3,7,9H2,1-2H3/b10-6-. The van der Waals surface area contributed by atoms with Crippen molar-refractivity contribution in [1.82, 2.24) is 5.32 Å². The van der Waals surface area contributed by atoms with E-state index in [4.69, 9.17) is 0 Å². The fraction of sp³-hybridized carbons (Fsp3) is 0.417. The maximum absolute atomic E-state index is 11.2. The van der Waals surface area contributed by atoms with Crippen molar-refractivity contribution < 1.29 is 9.53 Å². The van der Waals surface area contributed by atoms with Gasteiger partial charge in [-0.15, -0.1) is 11.3 Å². The van der Waals surface area contributed by atoms with Crippen molar-refractivity contribution in [2.45, 2.75) is 19.9 Å². The van der Waals surface area contributed by atoms with E-state index in [1.54, 1.807) is 11.3 Å². The molecule has 0 radical (unpaired) electrons. The molecule has 0 fully saturated rings. The van der Waals surface area contributed by atoms with E-state index >= 15 is 0 Å². The molecule has 1 aromatic rings. The summed E-state index contributed by atoms with van der Waals surface area (Å²) in [6.07, 6.45) is 2.59. The Morgan fingerprint density at radius 2 is 2.44 bits per heavy atom. The van der Waals surface area contributed by atoms with Gasteiger partial charge in [0.05, 0.1) is 7.11 Å². The predicted molar refractivity (Wildman–Crippen MR) is 66.4 cm³/mol. The Bertz CT molecular complexity index is 344. The third-order valence-electron chi connectivity index (χ3n) is 2.20.